The lowest BCUT2D eigenvalue weighted by molar-refractivity contribution is 0.589. The van der Waals surface area contributed by atoms with E-state index in [9.17, 15) is 0 Å². The van der Waals surface area contributed by atoms with E-state index in [1.54, 1.807) is 6.20 Å². The van der Waals surface area contributed by atoms with Gasteiger partial charge >= 0.3 is 0 Å². The first-order valence-corrected chi connectivity index (χ1v) is 4.61. The van der Waals surface area contributed by atoms with Gasteiger partial charge in [0.1, 0.15) is 0 Å². The Bertz CT molecular complexity index is 320. The molecule has 14 heavy (non-hydrogen) atoms. The number of anilines is 3. The van der Waals surface area contributed by atoms with E-state index in [1.807, 2.05) is 0 Å². The molecule has 76 valence electrons. The summed E-state index contributed by atoms with van der Waals surface area (Å²) in [6, 6.07) is 0. The van der Waals surface area contributed by atoms with Crippen LogP contribution in [0.15, 0.2) is 6.20 Å². The van der Waals surface area contributed by atoms with Crippen LogP contribution in [0.3, 0.4) is 0 Å². The van der Waals surface area contributed by atoms with Gasteiger partial charge in [0, 0.05) is 26.2 Å². The molecule has 0 unspecified atom stereocenters. The number of nitrogens with two attached hydrogens (primary N) is 2. The molecule has 1 aromatic rings. The molecule has 0 spiro atoms. The summed E-state index contributed by atoms with van der Waals surface area (Å²) in [5.74, 6) is 0.681. The molecular weight excluding hydrogens is 180 g/mol. The number of nitrogen functional groups attached to an aromatic ring is 2. The first kappa shape index (κ1) is 9.01. The molecule has 2 rings (SSSR count). The van der Waals surface area contributed by atoms with Gasteiger partial charge in [-0.25, -0.2) is 4.98 Å². The van der Waals surface area contributed by atoms with Gasteiger partial charge in [0.05, 0.1) is 11.9 Å². The Morgan fingerprint density at radius 1 is 1.29 bits per heavy atom. The zero-order valence-corrected chi connectivity index (χ0v) is 7.90. The third kappa shape index (κ3) is 1.69. The molecule has 2 heterocycles. The van der Waals surface area contributed by atoms with Gasteiger partial charge in [-0.3, -0.25) is 0 Å². The maximum absolute atomic E-state index is 5.76. The predicted octanol–water partition coefficient (Wildman–Crippen LogP) is -0.949. The average Bonchev–Trinajstić information content (AvgIpc) is 2.19. The molecule has 1 aliphatic heterocycles. The molecule has 0 atom stereocenters. The lowest BCUT2D eigenvalue weighted by atomic mass is 10.3. The second-order valence-corrected chi connectivity index (χ2v) is 3.24. The summed E-state index contributed by atoms with van der Waals surface area (Å²) in [6.45, 7) is 3.78. The van der Waals surface area contributed by atoms with Gasteiger partial charge in [-0.2, -0.15) is 4.98 Å². The van der Waals surface area contributed by atoms with Crippen molar-refractivity contribution >= 4 is 17.5 Å². The maximum Gasteiger partial charge on any atom is 0.222 e. The van der Waals surface area contributed by atoms with Crippen LogP contribution >= 0.6 is 0 Å². The van der Waals surface area contributed by atoms with E-state index in [4.69, 9.17) is 11.5 Å². The van der Waals surface area contributed by atoms with E-state index in [0.29, 0.717) is 5.82 Å². The fourth-order valence-corrected chi connectivity index (χ4v) is 1.55. The minimum absolute atomic E-state index is 0.224. The van der Waals surface area contributed by atoms with Crippen molar-refractivity contribution in [2.45, 2.75) is 0 Å². The summed E-state index contributed by atoms with van der Waals surface area (Å²) in [4.78, 5) is 10.0. The number of nitrogens with zero attached hydrogens (tertiary/aromatic N) is 3. The highest BCUT2D eigenvalue weighted by atomic mass is 15.2. The summed E-state index contributed by atoms with van der Waals surface area (Å²) in [7, 11) is 0. The van der Waals surface area contributed by atoms with E-state index in [1.165, 1.54) is 0 Å². The highest BCUT2D eigenvalue weighted by molar-refractivity contribution is 5.63. The van der Waals surface area contributed by atoms with Crippen LogP contribution in [-0.2, 0) is 0 Å². The van der Waals surface area contributed by atoms with Gasteiger partial charge in [-0.05, 0) is 0 Å². The minimum atomic E-state index is 0.224. The number of hydrogen-bond acceptors (Lipinski definition) is 6. The molecule has 6 nitrogen and oxygen atoms in total. The van der Waals surface area contributed by atoms with E-state index in [0.717, 1.165) is 31.9 Å². The van der Waals surface area contributed by atoms with Crippen molar-refractivity contribution in [1.82, 2.24) is 15.3 Å². The van der Waals surface area contributed by atoms with Crippen molar-refractivity contribution in [3.8, 4) is 0 Å². The van der Waals surface area contributed by atoms with Crippen LogP contribution in [0.4, 0.5) is 17.5 Å². The summed E-state index contributed by atoms with van der Waals surface area (Å²) in [5.41, 5.74) is 12.1. The van der Waals surface area contributed by atoms with Crippen LogP contribution in [0.1, 0.15) is 0 Å². The molecule has 1 aliphatic rings. The third-order valence-electron chi connectivity index (χ3n) is 2.27. The predicted molar refractivity (Wildman–Crippen MR) is 55.9 cm³/mol. The summed E-state index contributed by atoms with van der Waals surface area (Å²) in [5, 5.41) is 3.27. The van der Waals surface area contributed by atoms with Crippen LogP contribution in [0.25, 0.3) is 0 Å². The first-order chi connectivity index (χ1) is 6.77. The molecule has 0 aliphatic carbocycles. The minimum Gasteiger partial charge on any atom is -0.382 e. The third-order valence-corrected chi connectivity index (χ3v) is 2.27. The quantitative estimate of drug-likeness (QED) is 0.534. The lowest BCUT2D eigenvalue weighted by Gasteiger charge is -2.29. The van der Waals surface area contributed by atoms with E-state index in [-0.39, 0.29) is 5.95 Å². The van der Waals surface area contributed by atoms with Crippen molar-refractivity contribution in [3.05, 3.63) is 6.20 Å². The first-order valence-electron chi connectivity index (χ1n) is 4.61. The Balaban J connectivity index is 2.22. The Morgan fingerprint density at radius 2 is 2.00 bits per heavy atom. The molecule has 1 saturated heterocycles. The fraction of sp³-hybridized carbons (Fsp3) is 0.500. The Kier molecular flexibility index (Phi) is 2.36. The van der Waals surface area contributed by atoms with Crippen LogP contribution < -0.4 is 21.7 Å². The molecule has 1 aromatic heterocycles. The molecule has 6 heteroatoms. The van der Waals surface area contributed by atoms with E-state index >= 15 is 0 Å². The number of rotatable bonds is 1. The van der Waals surface area contributed by atoms with Gasteiger partial charge in [-0.1, -0.05) is 0 Å². The monoisotopic (exact) mass is 194 g/mol. The van der Waals surface area contributed by atoms with Gasteiger partial charge < -0.3 is 21.7 Å². The summed E-state index contributed by atoms with van der Waals surface area (Å²) < 4.78 is 0. The van der Waals surface area contributed by atoms with Gasteiger partial charge in [0.15, 0.2) is 5.82 Å². The molecule has 0 aromatic carbocycles. The van der Waals surface area contributed by atoms with Crippen LogP contribution in [0, 0.1) is 0 Å². The largest absolute Gasteiger partial charge is 0.382 e. The molecule has 0 radical (unpaired) electrons. The standard InChI is InChI=1S/C8H14N6/c9-7-6(5-12-8(10)13-7)14-3-1-11-2-4-14/h5,11H,1-4H2,(H4,9,10,12,13). The summed E-state index contributed by atoms with van der Waals surface area (Å²) >= 11 is 0. The fourth-order valence-electron chi connectivity index (χ4n) is 1.55. The SMILES string of the molecule is Nc1ncc(N2CCNCC2)c(N)n1. The van der Waals surface area contributed by atoms with Gasteiger partial charge in [0.2, 0.25) is 5.95 Å². The van der Waals surface area contributed by atoms with Crippen molar-refractivity contribution in [3.63, 3.8) is 0 Å². The Labute approximate surface area is 82.3 Å². The van der Waals surface area contributed by atoms with E-state index < -0.39 is 0 Å². The molecule has 1 fully saturated rings. The zero-order chi connectivity index (χ0) is 9.97. The van der Waals surface area contributed by atoms with Crippen LogP contribution in [0.5, 0.6) is 0 Å². The van der Waals surface area contributed by atoms with Gasteiger partial charge in [0.25, 0.3) is 0 Å². The Morgan fingerprint density at radius 3 is 2.64 bits per heavy atom. The zero-order valence-electron chi connectivity index (χ0n) is 7.90. The van der Waals surface area contributed by atoms with Crippen LogP contribution in [0.2, 0.25) is 0 Å². The molecular formula is C8H14N6. The number of piperazine rings is 1. The number of nitrogens with one attached hydrogen (secondary N) is 1. The van der Waals surface area contributed by atoms with Crippen molar-refractivity contribution in [1.29, 1.82) is 0 Å². The number of hydrogen-bond donors (Lipinski definition) is 3. The number of aromatic nitrogens is 2. The van der Waals surface area contributed by atoms with E-state index in [2.05, 4.69) is 20.2 Å². The Hall–Kier alpha value is -1.56. The normalized spacial score (nSPS) is 17.0. The highest BCUT2D eigenvalue weighted by Crippen LogP contribution is 2.20. The van der Waals surface area contributed by atoms with Crippen molar-refractivity contribution in [2.75, 3.05) is 42.5 Å². The summed E-state index contributed by atoms with van der Waals surface area (Å²) in [6.07, 6.45) is 1.68. The smallest absolute Gasteiger partial charge is 0.222 e. The molecule has 0 saturated carbocycles. The maximum atomic E-state index is 5.76. The molecule has 0 amide bonds. The van der Waals surface area contributed by atoms with Crippen LogP contribution in [-0.4, -0.2) is 36.1 Å². The topological polar surface area (TPSA) is 93.1 Å². The molecule has 5 N–H and O–H groups in total. The second kappa shape index (κ2) is 3.67. The highest BCUT2D eigenvalue weighted by Gasteiger charge is 2.14. The second-order valence-electron chi connectivity index (χ2n) is 3.24. The molecule has 0 bridgehead atoms. The van der Waals surface area contributed by atoms with Crippen molar-refractivity contribution in [2.24, 2.45) is 0 Å². The average molecular weight is 194 g/mol. The van der Waals surface area contributed by atoms with Crippen molar-refractivity contribution < 1.29 is 0 Å². The lowest BCUT2D eigenvalue weighted by Crippen LogP contribution is -2.43. The van der Waals surface area contributed by atoms with Gasteiger partial charge in [-0.15, -0.1) is 0 Å².